The van der Waals surface area contributed by atoms with Crippen molar-refractivity contribution in [2.45, 2.75) is 37.8 Å². The number of hydrogen-bond donors (Lipinski definition) is 0. The molecule has 1 aliphatic heterocycles. The fourth-order valence-corrected chi connectivity index (χ4v) is 5.75. The first kappa shape index (κ1) is 27.5. The smallest absolute Gasteiger partial charge is 0.338 e. The molecule has 1 aromatic heterocycles. The molecule has 200 valence electrons. The Kier molecular flexibility index (Phi) is 8.32. The van der Waals surface area contributed by atoms with Gasteiger partial charge in [0.15, 0.2) is 16.3 Å². The summed E-state index contributed by atoms with van der Waals surface area (Å²) in [6, 6.07) is 10.7. The first-order valence-electron chi connectivity index (χ1n) is 11.9. The second-order valence-corrected chi connectivity index (χ2v) is 10.7. The van der Waals surface area contributed by atoms with Gasteiger partial charge < -0.3 is 18.9 Å². The Morgan fingerprint density at radius 2 is 1.71 bits per heavy atom. The summed E-state index contributed by atoms with van der Waals surface area (Å²) in [6.45, 7) is 5.36. The molecular weight excluding hydrogens is 524 g/mol. The number of carbonyl (C=O) groups excluding carboxylic acids is 1. The summed E-state index contributed by atoms with van der Waals surface area (Å²) in [6.07, 6.45) is 3.44. The van der Waals surface area contributed by atoms with Crippen molar-refractivity contribution in [1.82, 2.24) is 4.57 Å². The predicted molar refractivity (Wildman–Crippen MR) is 149 cm³/mol. The van der Waals surface area contributed by atoms with Gasteiger partial charge in [0.1, 0.15) is 0 Å². The lowest BCUT2D eigenvalue weighted by Crippen LogP contribution is -2.40. The third-order valence-electron chi connectivity index (χ3n) is 6.00. The van der Waals surface area contributed by atoms with Gasteiger partial charge in [0.2, 0.25) is 5.75 Å². The maximum absolute atomic E-state index is 13.9. The number of methoxy groups -OCH3 is 3. The molecule has 4 rings (SSSR count). The molecule has 0 amide bonds. The molecule has 0 aliphatic carbocycles. The first-order chi connectivity index (χ1) is 18.2. The highest BCUT2D eigenvalue weighted by atomic mass is 32.2. The largest absolute Gasteiger partial charge is 0.493 e. The number of carbonyl (C=O) groups is 1. The van der Waals surface area contributed by atoms with Crippen molar-refractivity contribution in [3.8, 4) is 17.2 Å². The number of rotatable bonds is 8. The molecule has 3 aromatic rings. The van der Waals surface area contributed by atoms with Gasteiger partial charge in [-0.15, -0.1) is 11.8 Å². The van der Waals surface area contributed by atoms with Crippen LogP contribution in [0, 0.1) is 0 Å². The molecule has 2 aromatic carbocycles. The van der Waals surface area contributed by atoms with Gasteiger partial charge in [0.05, 0.1) is 49.3 Å². The monoisotopic (exact) mass is 554 g/mol. The van der Waals surface area contributed by atoms with Gasteiger partial charge in [-0.2, -0.15) is 0 Å². The van der Waals surface area contributed by atoms with E-state index in [0.29, 0.717) is 43.4 Å². The van der Waals surface area contributed by atoms with Gasteiger partial charge in [-0.3, -0.25) is 9.36 Å². The number of allylic oxidation sites excluding steroid dienone is 1. The lowest BCUT2D eigenvalue weighted by molar-refractivity contribution is -0.143. The van der Waals surface area contributed by atoms with Crippen LogP contribution in [0.25, 0.3) is 6.08 Å². The normalized spacial score (nSPS) is 15.3. The summed E-state index contributed by atoms with van der Waals surface area (Å²) in [4.78, 5) is 33.3. The highest BCUT2D eigenvalue weighted by Crippen LogP contribution is 2.38. The summed E-state index contributed by atoms with van der Waals surface area (Å²) in [7, 11) is 4.61. The van der Waals surface area contributed by atoms with Gasteiger partial charge in [-0.1, -0.05) is 23.5 Å². The number of benzene rings is 2. The fourth-order valence-electron chi connectivity index (χ4n) is 4.30. The van der Waals surface area contributed by atoms with Gasteiger partial charge in [0.25, 0.3) is 5.56 Å². The standard InChI is InChI=1S/C28H30N2O6S2/c1-15(2)36-27(32)23-16(3)29-28-30(24(23)18-8-10-19(37-7)11-9-18)26(31)22(38-28)14-17-12-20(33-4)25(35-6)21(13-17)34-5/h8-15,24H,1-7H3. The topological polar surface area (TPSA) is 88.4 Å². The van der Waals surface area contributed by atoms with Crippen LogP contribution >= 0.6 is 23.1 Å². The van der Waals surface area contributed by atoms with E-state index < -0.39 is 12.0 Å². The van der Waals surface area contributed by atoms with Crippen molar-refractivity contribution < 1.29 is 23.7 Å². The molecule has 38 heavy (non-hydrogen) atoms. The van der Waals surface area contributed by atoms with Gasteiger partial charge in [-0.25, -0.2) is 9.79 Å². The molecule has 0 saturated carbocycles. The summed E-state index contributed by atoms with van der Waals surface area (Å²) in [5.74, 6) is 0.935. The maximum Gasteiger partial charge on any atom is 0.338 e. The summed E-state index contributed by atoms with van der Waals surface area (Å²) in [5, 5.41) is 0. The van der Waals surface area contributed by atoms with Crippen LogP contribution in [0.1, 0.15) is 37.9 Å². The Labute approximate surface area is 229 Å². The molecule has 8 nitrogen and oxygen atoms in total. The second-order valence-electron chi connectivity index (χ2n) is 8.77. The van der Waals surface area contributed by atoms with Crippen molar-refractivity contribution >= 4 is 35.1 Å². The van der Waals surface area contributed by atoms with E-state index in [-0.39, 0.29) is 11.7 Å². The minimum atomic E-state index is -0.671. The first-order valence-corrected chi connectivity index (χ1v) is 13.9. The van der Waals surface area contributed by atoms with Gasteiger partial charge in [0, 0.05) is 4.90 Å². The van der Waals surface area contributed by atoms with E-state index in [1.54, 1.807) is 55.3 Å². The Balaban J connectivity index is 1.93. The maximum atomic E-state index is 13.9. The number of ether oxygens (including phenoxy) is 4. The van der Waals surface area contributed by atoms with Crippen LogP contribution in [0.2, 0.25) is 0 Å². The Bertz CT molecular complexity index is 1540. The number of thioether (sulfide) groups is 1. The molecule has 0 radical (unpaired) electrons. The van der Waals surface area contributed by atoms with E-state index >= 15 is 0 Å². The van der Waals surface area contributed by atoms with Crippen molar-refractivity contribution in [3.63, 3.8) is 0 Å². The minimum absolute atomic E-state index is 0.260. The Morgan fingerprint density at radius 3 is 2.24 bits per heavy atom. The van der Waals surface area contributed by atoms with Gasteiger partial charge >= 0.3 is 5.97 Å². The van der Waals surface area contributed by atoms with Crippen molar-refractivity contribution in [2.24, 2.45) is 4.99 Å². The van der Waals surface area contributed by atoms with Crippen molar-refractivity contribution in [1.29, 1.82) is 0 Å². The highest BCUT2D eigenvalue weighted by molar-refractivity contribution is 7.98. The van der Waals surface area contributed by atoms with E-state index in [2.05, 4.69) is 4.99 Å². The zero-order chi connectivity index (χ0) is 27.6. The average Bonchev–Trinajstić information content (AvgIpc) is 3.20. The van der Waals surface area contributed by atoms with Crippen molar-refractivity contribution in [2.75, 3.05) is 27.6 Å². The van der Waals surface area contributed by atoms with Crippen LogP contribution in [-0.4, -0.2) is 44.2 Å². The molecule has 0 spiro atoms. The zero-order valence-corrected chi connectivity index (χ0v) is 24.0. The molecule has 0 bridgehead atoms. The third kappa shape index (κ3) is 5.23. The van der Waals surface area contributed by atoms with E-state index in [9.17, 15) is 9.59 Å². The highest BCUT2D eigenvalue weighted by Gasteiger charge is 2.33. The van der Waals surface area contributed by atoms with Crippen LogP contribution in [0.15, 0.2) is 62.4 Å². The minimum Gasteiger partial charge on any atom is -0.493 e. The fraction of sp³-hybridized carbons (Fsp3) is 0.321. The second kappa shape index (κ2) is 11.5. The SMILES string of the molecule is COc1cc(C=c2sc3n(c2=O)C(c2ccc(SC)cc2)C(C(=O)OC(C)C)=C(C)N=3)cc(OC)c1OC. The molecule has 1 unspecified atom stereocenters. The Morgan fingerprint density at radius 1 is 1.08 bits per heavy atom. The van der Waals surface area contributed by atoms with E-state index in [1.165, 1.54) is 32.7 Å². The number of thiazole rings is 1. The predicted octanol–water partition coefficient (Wildman–Crippen LogP) is 3.93. The van der Waals surface area contributed by atoms with Gasteiger partial charge in [-0.05, 0) is 68.5 Å². The number of fused-ring (bicyclic) bond motifs is 1. The lowest BCUT2D eigenvalue weighted by atomic mass is 9.96. The lowest BCUT2D eigenvalue weighted by Gasteiger charge is -2.25. The molecule has 0 fully saturated rings. The number of aromatic nitrogens is 1. The Hall–Kier alpha value is -3.50. The quantitative estimate of drug-likeness (QED) is 0.308. The van der Waals surface area contributed by atoms with E-state index in [4.69, 9.17) is 18.9 Å². The van der Waals surface area contributed by atoms with E-state index in [0.717, 1.165) is 10.5 Å². The molecule has 2 heterocycles. The zero-order valence-electron chi connectivity index (χ0n) is 22.4. The third-order valence-corrected chi connectivity index (χ3v) is 7.73. The van der Waals surface area contributed by atoms with Crippen molar-refractivity contribution in [3.05, 3.63) is 78.5 Å². The summed E-state index contributed by atoms with van der Waals surface area (Å²) >= 11 is 2.88. The van der Waals surface area contributed by atoms with Crippen LogP contribution in [0.3, 0.4) is 0 Å². The molecule has 10 heteroatoms. The molecule has 1 aliphatic rings. The van der Waals surface area contributed by atoms with E-state index in [1.807, 2.05) is 30.5 Å². The number of hydrogen-bond acceptors (Lipinski definition) is 9. The molecule has 1 atom stereocenters. The van der Waals surface area contributed by atoms with Crippen LogP contribution in [0.4, 0.5) is 0 Å². The average molecular weight is 555 g/mol. The summed E-state index contributed by atoms with van der Waals surface area (Å²) in [5.41, 5.74) is 2.11. The van der Waals surface area contributed by atoms with Crippen LogP contribution in [-0.2, 0) is 9.53 Å². The molecular formula is C28H30N2O6S2. The van der Waals surface area contributed by atoms with Crippen LogP contribution in [0.5, 0.6) is 17.2 Å². The number of nitrogens with zero attached hydrogens (tertiary/aromatic N) is 2. The molecule has 0 N–H and O–H groups in total. The molecule has 0 saturated heterocycles. The number of esters is 1. The van der Waals surface area contributed by atoms with Crippen LogP contribution < -0.4 is 29.1 Å². The summed E-state index contributed by atoms with van der Waals surface area (Å²) < 4.78 is 23.9.